The maximum Gasteiger partial charge on any atom is 0.291 e. The van der Waals surface area contributed by atoms with E-state index in [0.717, 1.165) is 11.3 Å². The minimum absolute atomic E-state index is 0.168. The summed E-state index contributed by atoms with van der Waals surface area (Å²) in [5.74, 6) is -1.04. The van der Waals surface area contributed by atoms with Gasteiger partial charge >= 0.3 is 0 Å². The van der Waals surface area contributed by atoms with Gasteiger partial charge in [0.05, 0.1) is 38.4 Å². The van der Waals surface area contributed by atoms with E-state index in [4.69, 9.17) is 27.6 Å². The topological polar surface area (TPSA) is 91.7 Å². The van der Waals surface area contributed by atoms with Crippen molar-refractivity contribution < 1.29 is 18.8 Å². The molecule has 0 aliphatic carbocycles. The third-order valence-electron chi connectivity index (χ3n) is 4.05. The zero-order valence-corrected chi connectivity index (χ0v) is 18.3. The quantitative estimate of drug-likeness (QED) is 0.540. The molecule has 0 aliphatic rings. The van der Waals surface area contributed by atoms with Crippen LogP contribution in [0.3, 0.4) is 0 Å². The highest BCUT2D eigenvalue weighted by molar-refractivity contribution is 7.18. The van der Waals surface area contributed by atoms with Gasteiger partial charge in [0.2, 0.25) is 5.91 Å². The van der Waals surface area contributed by atoms with E-state index in [1.54, 1.807) is 43.3 Å². The van der Waals surface area contributed by atoms with Gasteiger partial charge in [-0.05, 0) is 42.8 Å². The maximum absolute atomic E-state index is 12.8. The van der Waals surface area contributed by atoms with Crippen LogP contribution in [0.5, 0.6) is 0 Å². The molecule has 7 nitrogen and oxygen atoms in total. The number of para-hydroxylation sites is 1. The fourth-order valence-electron chi connectivity index (χ4n) is 2.59. The molecule has 30 heavy (non-hydrogen) atoms. The molecule has 156 valence electrons. The number of halogens is 2. The molecule has 0 saturated heterocycles. The van der Waals surface area contributed by atoms with Crippen LogP contribution < -0.4 is 10.6 Å². The molecule has 0 unspecified atom stereocenters. The molecule has 2 aromatic heterocycles. The van der Waals surface area contributed by atoms with Gasteiger partial charge in [-0.15, -0.1) is 11.3 Å². The lowest BCUT2D eigenvalue weighted by molar-refractivity contribution is -0.116. The lowest BCUT2D eigenvalue weighted by Crippen LogP contribution is -2.34. The van der Waals surface area contributed by atoms with Crippen molar-refractivity contribution >= 4 is 62.9 Å². The number of hydrogen-bond acceptors (Lipinski definition) is 5. The van der Waals surface area contributed by atoms with Crippen molar-refractivity contribution in [2.75, 3.05) is 24.2 Å². The van der Waals surface area contributed by atoms with Crippen LogP contribution >= 0.6 is 34.5 Å². The highest BCUT2D eigenvalue weighted by Crippen LogP contribution is 2.30. The highest BCUT2D eigenvalue weighted by atomic mass is 35.5. The van der Waals surface area contributed by atoms with Crippen LogP contribution in [0.15, 0.2) is 47.1 Å². The zero-order chi connectivity index (χ0) is 21.8. The standard InChI is InChI=1S/C20H17Cl2N3O4S/c1-11-9-16(24-19(27)14-7-4-8-29-14)30-18(11)20(28)25(2)10-15(26)23-17-12(21)5-3-6-13(17)22/h3-9H,10H2,1-2H3,(H,23,26)(H,24,27). The fraction of sp³-hybridized carbons (Fsp3) is 0.150. The molecule has 0 atom stereocenters. The summed E-state index contributed by atoms with van der Waals surface area (Å²) in [7, 11) is 1.51. The Kier molecular flexibility index (Phi) is 6.81. The Labute approximate surface area is 186 Å². The van der Waals surface area contributed by atoms with Crippen LogP contribution in [-0.4, -0.2) is 36.2 Å². The molecule has 3 rings (SSSR count). The minimum atomic E-state index is -0.443. The number of benzene rings is 1. The van der Waals surface area contributed by atoms with Crippen LogP contribution in [0.4, 0.5) is 10.7 Å². The average molecular weight is 466 g/mol. The molecule has 3 aromatic rings. The van der Waals surface area contributed by atoms with Gasteiger partial charge in [0, 0.05) is 7.05 Å². The smallest absolute Gasteiger partial charge is 0.291 e. The average Bonchev–Trinajstić information content (AvgIpc) is 3.34. The predicted molar refractivity (Wildman–Crippen MR) is 118 cm³/mol. The van der Waals surface area contributed by atoms with Crippen LogP contribution in [0, 0.1) is 6.92 Å². The van der Waals surface area contributed by atoms with Gasteiger partial charge in [-0.1, -0.05) is 29.3 Å². The number of anilines is 2. The van der Waals surface area contributed by atoms with E-state index < -0.39 is 11.8 Å². The van der Waals surface area contributed by atoms with Crippen LogP contribution in [-0.2, 0) is 4.79 Å². The minimum Gasteiger partial charge on any atom is -0.459 e. The highest BCUT2D eigenvalue weighted by Gasteiger charge is 2.21. The van der Waals surface area contributed by atoms with Crippen molar-refractivity contribution in [3.05, 3.63) is 68.9 Å². The molecule has 0 fully saturated rings. The largest absolute Gasteiger partial charge is 0.459 e. The van der Waals surface area contributed by atoms with E-state index in [0.29, 0.717) is 31.2 Å². The Morgan fingerprint density at radius 2 is 1.80 bits per heavy atom. The molecule has 1 aromatic carbocycles. The molecule has 3 amide bonds. The Bertz CT molecular complexity index is 1080. The number of likely N-dealkylation sites (N-methyl/N-ethyl adjacent to an activating group) is 1. The second kappa shape index (κ2) is 9.34. The number of nitrogens with one attached hydrogen (secondary N) is 2. The van der Waals surface area contributed by atoms with E-state index in [2.05, 4.69) is 10.6 Å². The molecule has 0 spiro atoms. The number of furan rings is 1. The molecule has 2 N–H and O–H groups in total. The molecule has 2 heterocycles. The lowest BCUT2D eigenvalue weighted by Gasteiger charge is -2.17. The van der Waals surface area contributed by atoms with Crippen molar-refractivity contribution in [1.29, 1.82) is 0 Å². The van der Waals surface area contributed by atoms with Crippen molar-refractivity contribution in [2.45, 2.75) is 6.92 Å². The Morgan fingerprint density at radius 3 is 2.43 bits per heavy atom. The normalized spacial score (nSPS) is 10.5. The number of rotatable bonds is 6. The van der Waals surface area contributed by atoms with E-state index in [9.17, 15) is 14.4 Å². The Morgan fingerprint density at radius 1 is 1.10 bits per heavy atom. The van der Waals surface area contributed by atoms with Crippen molar-refractivity contribution in [2.24, 2.45) is 0 Å². The molecule has 0 radical (unpaired) electrons. The van der Waals surface area contributed by atoms with Gasteiger partial charge < -0.3 is 20.0 Å². The van der Waals surface area contributed by atoms with Gasteiger partial charge in [-0.2, -0.15) is 0 Å². The molecule has 0 saturated carbocycles. The number of aryl methyl sites for hydroxylation is 1. The summed E-state index contributed by atoms with van der Waals surface area (Å²) >= 11 is 13.2. The first-order valence-electron chi connectivity index (χ1n) is 8.71. The molecule has 0 bridgehead atoms. The van der Waals surface area contributed by atoms with Crippen molar-refractivity contribution in [3.8, 4) is 0 Å². The summed E-state index contributed by atoms with van der Waals surface area (Å²) in [6, 6.07) is 9.71. The van der Waals surface area contributed by atoms with E-state index in [-0.39, 0.29) is 18.2 Å². The van der Waals surface area contributed by atoms with E-state index in [1.807, 2.05) is 0 Å². The summed E-state index contributed by atoms with van der Waals surface area (Å²) < 4.78 is 5.05. The Balaban J connectivity index is 1.65. The van der Waals surface area contributed by atoms with E-state index >= 15 is 0 Å². The predicted octanol–water partition coefficient (Wildman–Crippen LogP) is 4.92. The number of thiophene rings is 1. The van der Waals surface area contributed by atoms with Crippen LogP contribution in [0.1, 0.15) is 25.8 Å². The van der Waals surface area contributed by atoms with Crippen molar-refractivity contribution in [1.82, 2.24) is 4.90 Å². The van der Waals surface area contributed by atoms with Gasteiger partial charge in [0.25, 0.3) is 11.8 Å². The second-order valence-electron chi connectivity index (χ2n) is 6.36. The number of amides is 3. The molecular formula is C20H17Cl2N3O4S. The van der Waals surface area contributed by atoms with Crippen LogP contribution in [0.25, 0.3) is 0 Å². The summed E-state index contributed by atoms with van der Waals surface area (Å²) in [6.07, 6.45) is 1.40. The van der Waals surface area contributed by atoms with Gasteiger partial charge in [-0.3, -0.25) is 14.4 Å². The molecule has 0 aliphatic heterocycles. The molecule has 10 heteroatoms. The SMILES string of the molecule is Cc1cc(NC(=O)c2ccco2)sc1C(=O)N(C)CC(=O)Nc1c(Cl)cccc1Cl. The van der Waals surface area contributed by atoms with Gasteiger partial charge in [0.1, 0.15) is 0 Å². The number of nitrogens with zero attached hydrogens (tertiary/aromatic N) is 1. The van der Waals surface area contributed by atoms with Crippen LogP contribution in [0.2, 0.25) is 10.0 Å². The van der Waals surface area contributed by atoms with Gasteiger partial charge in [0.15, 0.2) is 5.76 Å². The number of carbonyl (C=O) groups is 3. The first kappa shape index (κ1) is 21.9. The summed E-state index contributed by atoms with van der Waals surface area (Å²) in [5, 5.41) is 6.41. The van der Waals surface area contributed by atoms with E-state index in [1.165, 1.54) is 18.2 Å². The lowest BCUT2D eigenvalue weighted by atomic mass is 10.2. The summed E-state index contributed by atoms with van der Waals surface area (Å²) in [6.45, 7) is 1.55. The third-order valence-corrected chi connectivity index (χ3v) is 5.82. The second-order valence-corrected chi connectivity index (χ2v) is 8.23. The summed E-state index contributed by atoms with van der Waals surface area (Å²) in [4.78, 5) is 38.9. The fourth-order valence-corrected chi connectivity index (χ4v) is 4.15. The molecular weight excluding hydrogens is 449 g/mol. The van der Waals surface area contributed by atoms with Crippen molar-refractivity contribution in [3.63, 3.8) is 0 Å². The maximum atomic E-state index is 12.8. The first-order chi connectivity index (χ1) is 14.3. The summed E-state index contributed by atoms with van der Waals surface area (Å²) in [5.41, 5.74) is 0.975. The number of carbonyl (C=O) groups excluding carboxylic acids is 3. The number of hydrogen-bond donors (Lipinski definition) is 2. The first-order valence-corrected chi connectivity index (χ1v) is 10.3. The third kappa shape index (κ3) is 5.02. The monoisotopic (exact) mass is 465 g/mol. The van der Waals surface area contributed by atoms with Gasteiger partial charge in [-0.25, -0.2) is 0 Å². The Hall–Kier alpha value is -2.81. The zero-order valence-electron chi connectivity index (χ0n) is 16.0.